The SMILES string of the molecule is COc1ccc(NC(=O)[C@@H](OC(=O)[C@H]2C[C@H]2C)c2ccccc2)cc1Cl. The van der Waals surface area contributed by atoms with E-state index in [1.54, 1.807) is 42.5 Å². The van der Waals surface area contributed by atoms with E-state index < -0.39 is 12.0 Å². The molecule has 2 aromatic carbocycles. The zero-order chi connectivity index (χ0) is 18.7. The minimum absolute atomic E-state index is 0.121. The zero-order valence-electron chi connectivity index (χ0n) is 14.6. The van der Waals surface area contributed by atoms with Crippen molar-refractivity contribution < 1.29 is 19.1 Å². The number of esters is 1. The summed E-state index contributed by atoms with van der Waals surface area (Å²) in [5, 5.41) is 3.13. The topological polar surface area (TPSA) is 64.6 Å². The standard InChI is InChI=1S/C20H20ClNO4/c1-12-10-15(12)20(24)26-18(13-6-4-3-5-7-13)19(23)22-14-8-9-17(25-2)16(21)11-14/h3-9,11-12,15,18H,10H2,1-2H3,(H,22,23)/t12-,15+,18+/m1/s1. The van der Waals surface area contributed by atoms with Gasteiger partial charge in [0.25, 0.3) is 5.91 Å². The van der Waals surface area contributed by atoms with Crippen LogP contribution in [0.5, 0.6) is 5.75 Å². The van der Waals surface area contributed by atoms with Crippen molar-refractivity contribution >= 4 is 29.2 Å². The number of nitrogens with one attached hydrogen (secondary N) is 1. The molecular weight excluding hydrogens is 354 g/mol. The summed E-state index contributed by atoms with van der Waals surface area (Å²) < 4.78 is 10.6. The van der Waals surface area contributed by atoms with Gasteiger partial charge >= 0.3 is 5.97 Å². The first-order valence-electron chi connectivity index (χ1n) is 8.39. The van der Waals surface area contributed by atoms with Crippen LogP contribution in [0.15, 0.2) is 48.5 Å². The Bertz CT molecular complexity index is 809. The van der Waals surface area contributed by atoms with Crippen molar-refractivity contribution in [1.82, 2.24) is 0 Å². The number of anilines is 1. The van der Waals surface area contributed by atoms with Crippen molar-refractivity contribution in [3.05, 3.63) is 59.1 Å². The van der Waals surface area contributed by atoms with Crippen LogP contribution in [0.3, 0.4) is 0 Å². The summed E-state index contributed by atoms with van der Waals surface area (Å²) in [4.78, 5) is 25.0. The van der Waals surface area contributed by atoms with Gasteiger partial charge < -0.3 is 14.8 Å². The Balaban J connectivity index is 1.78. The van der Waals surface area contributed by atoms with E-state index in [4.69, 9.17) is 21.1 Å². The molecule has 1 aliphatic rings. The molecule has 136 valence electrons. The fourth-order valence-corrected chi connectivity index (χ4v) is 2.96. The van der Waals surface area contributed by atoms with Gasteiger partial charge in [0.2, 0.25) is 6.10 Å². The first-order valence-corrected chi connectivity index (χ1v) is 8.77. The Morgan fingerprint density at radius 1 is 1.19 bits per heavy atom. The molecule has 1 aliphatic carbocycles. The van der Waals surface area contributed by atoms with Crippen molar-refractivity contribution in [2.24, 2.45) is 11.8 Å². The number of ether oxygens (including phenoxy) is 2. The predicted molar refractivity (Wildman–Crippen MR) is 99.2 cm³/mol. The Morgan fingerprint density at radius 2 is 1.88 bits per heavy atom. The molecule has 0 aromatic heterocycles. The van der Waals surface area contributed by atoms with Gasteiger partial charge in [-0.2, -0.15) is 0 Å². The van der Waals surface area contributed by atoms with Crippen LogP contribution in [0.25, 0.3) is 0 Å². The highest BCUT2D eigenvalue weighted by molar-refractivity contribution is 6.32. The minimum atomic E-state index is -1.02. The highest BCUT2D eigenvalue weighted by Gasteiger charge is 2.42. The molecule has 0 heterocycles. The Morgan fingerprint density at radius 3 is 2.46 bits per heavy atom. The fourth-order valence-electron chi connectivity index (χ4n) is 2.71. The first kappa shape index (κ1) is 18.3. The van der Waals surface area contributed by atoms with Gasteiger partial charge in [-0.3, -0.25) is 9.59 Å². The van der Waals surface area contributed by atoms with Gasteiger partial charge in [-0.05, 0) is 30.5 Å². The second-order valence-electron chi connectivity index (χ2n) is 6.39. The summed E-state index contributed by atoms with van der Waals surface area (Å²) in [6.07, 6.45) is -0.215. The lowest BCUT2D eigenvalue weighted by Gasteiger charge is -2.18. The molecule has 2 aromatic rings. The van der Waals surface area contributed by atoms with Crippen LogP contribution in [-0.2, 0) is 14.3 Å². The molecule has 1 N–H and O–H groups in total. The van der Waals surface area contributed by atoms with Gasteiger partial charge in [-0.1, -0.05) is 48.9 Å². The lowest BCUT2D eigenvalue weighted by molar-refractivity contribution is -0.156. The van der Waals surface area contributed by atoms with Gasteiger partial charge in [-0.25, -0.2) is 0 Å². The maximum absolute atomic E-state index is 12.8. The van der Waals surface area contributed by atoms with E-state index in [0.717, 1.165) is 6.42 Å². The molecule has 0 saturated heterocycles. The Labute approximate surface area is 157 Å². The third-order valence-electron chi connectivity index (χ3n) is 4.41. The number of benzene rings is 2. The monoisotopic (exact) mass is 373 g/mol. The molecule has 5 nitrogen and oxygen atoms in total. The Hall–Kier alpha value is -2.53. The van der Waals surface area contributed by atoms with Crippen LogP contribution < -0.4 is 10.1 Å². The highest BCUT2D eigenvalue weighted by Crippen LogP contribution is 2.40. The predicted octanol–water partition coefficient (Wildman–Crippen LogP) is 4.23. The van der Waals surface area contributed by atoms with Crippen LogP contribution in [-0.4, -0.2) is 19.0 Å². The normalized spacial score (nSPS) is 19.3. The van der Waals surface area contributed by atoms with Crippen LogP contribution in [0.4, 0.5) is 5.69 Å². The molecule has 0 radical (unpaired) electrons. The number of halogens is 1. The van der Waals surface area contributed by atoms with E-state index in [1.807, 2.05) is 13.0 Å². The van der Waals surface area contributed by atoms with Crippen molar-refractivity contribution in [2.45, 2.75) is 19.4 Å². The van der Waals surface area contributed by atoms with Crippen molar-refractivity contribution in [1.29, 1.82) is 0 Å². The van der Waals surface area contributed by atoms with Crippen molar-refractivity contribution in [3.8, 4) is 5.75 Å². The number of carbonyl (C=O) groups is 2. The summed E-state index contributed by atoms with van der Waals surface area (Å²) in [5.41, 5.74) is 1.11. The number of rotatable bonds is 6. The first-order chi connectivity index (χ1) is 12.5. The second kappa shape index (κ2) is 7.79. The Kier molecular flexibility index (Phi) is 5.47. The molecule has 1 saturated carbocycles. The minimum Gasteiger partial charge on any atom is -0.495 e. The van der Waals surface area contributed by atoms with Crippen LogP contribution in [0.2, 0.25) is 5.02 Å². The molecule has 0 bridgehead atoms. The molecule has 3 rings (SSSR count). The number of hydrogen-bond donors (Lipinski definition) is 1. The van der Waals surface area contributed by atoms with Crippen LogP contribution >= 0.6 is 11.6 Å². The molecule has 0 aliphatic heterocycles. The summed E-state index contributed by atoms with van der Waals surface area (Å²) in [6, 6.07) is 13.9. The number of methoxy groups -OCH3 is 1. The third kappa shape index (κ3) is 4.17. The average molecular weight is 374 g/mol. The van der Waals surface area contributed by atoms with Gasteiger partial charge in [0, 0.05) is 11.3 Å². The molecule has 1 amide bonds. The van der Waals surface area contributed by atoms with Crippen molar-refractivity contribution in [3.63, 3.8) is 0 Å². The molecular formula is C20H20ClNO4. The maximum atomic E-state index is 12.8. The van der Waals surface area contributed by atoms with Crippen molar-refractivity contribution in [2.75, 3.05) is 12.4 Å². The van der Waals surface area contributed by atoms with E-state index in [-0.39, 0.29) is 11.9 Å². The zero-order valence-corrected chi connectivity index (χ0v) is 15.3. The third-order valence-corrected chi connectivity index (χ3v) is 4.70. The largest absolute Gasteiger partial charge is 0.495 e. The quantitative estimate of drug-likeness (QED) is 0.769. The second-order valence-corrected chi connectivity index (χ2v) is 6.79. The number of carbonyl (C=O) groups excluding carboxylic acids is 2. The molecule has 6 heteroatoms. The smallest absolute Gasteiger partial charge is 0.310 e. The highest BCUT2D eigenvalue weighted by atomic mass is 35.5. The molecule has 26 heavy (non-hydrogen) atoms. The fraction of sp³-hybridized carbons (Fsp3) is 0.300. The molecule has 1 fully saturated rings. The average Bonchev–Trinajstić information content (AvgIpc) is 3.37. The summed E-state index contributed by atoms with van der Waals surface area (Å²) in [7, 11) is 1.52. The molecule has 0 unspecified atom stereocenters. The number of hydrogen-bond acceptors (Lipinski definition) is 4. The summed E-state index contributed by atoms with van der Waals surface area (Å²) in [6.45, 7) is 1.99. The molecule has 3 atom stereocenters. The van der Waals surface area contributed by atoms with Crippen LogP contribution in [0.1, 0.15) is 25.0 Å². The van der Waals surface area contributed by atoms with Crippen LogP contribution in [0, 0.1) is 11.8 Å². The van der Waals surface area contributed by atoms with E-state index in [0.29, 0.717) is 27.9 Å². The van der Waals surface area contributed by atoms with E-state index in [9.17, 15) is 9.59 Å². The van der Waals surface area contributed by atoms with Gasteiger partial charge in [0.1, 0.15) is 5.75 Å². The van der Waals surface area contributed by atoms with Gasteiger partial charge in [-0.15, -0.1) is 0 Å². The van der Waals surface area contributed by atoms with Gasteiger partial charge in [0.15, 0.2) is 0 Å². The lowest BCUT2D eigenvalue weighted by Crippen LogP contribution is -2.26. The maximum Gasteiger partial charge on any atom is 0.310 e. The number of amides is 1. The van der Waals surface area contributed by atoms with E-state index >= 15 is 0 Å². The van der Waals surface area contributed by atoms with E-state index in [1.165, 1.54) is 7.11 Å². The summed E-state index contributed by atoms with van der Waals surface area (Å²) >= 11 is 6.10. The summed E-state index contributed by atoms with van der Waals surface area (Å²) in [5.74, 6) is -0.0707. The van der Waals surface area contributed by atoms with Gasteiger partial charge in [0.05, 0.1) is 18.1 Å². The lowest BCUT2D eigenvalue weighted by atomic mass is 10.1. The molecule has 0 spiro atoms. The van der Waals surface area contributed by atoms with E-state index in [2.05, 4.69) is 5.32 Å².